The van der Waals surface area contributed by atoms with E-state index in [-0.39, 0.29) is 23.2 Å². The number of ether oxygens (including phenoxy) is 3. The lowest BCUT2D eigenvalue weighted by atomic mass is 9.56. The highest BCUT2D eigenvalue weighted by molar-refractivity contribution is 5.80. The van der Waals surface area contributed by atoms with Gasteiger partial charge in [-0.15, -0.1) is 0 Å². The van der Waals surface area contributed by atoms with Crippen LogP contribution in [0.5, 0.6) is 0 Å². The molecule has 1 saturated carbocycles. The van der Waals surface area contributed by atoms with Crippen molar-refractivity contribution in [1.82, 2.24) is 10.6 Å². The Morgan fingerprint density at radius 3 is 2.65 bits per heavy atom. The van der Waals surface area contributed by atoms with Crippen LogP contribution < -0.4 is 10.6 Å². The molecule has 134 valence electrons. The van der Waals surface area contributed by atoms with Gasteiger partial charge in [-0.2, -0.15) is 0 Å². The van der Waals surface area contributed by atoms with Crippen molar-refractivity contribution in [2.75, 3.05) is 34.0 Å². The van der Waals surface area contributed by atoms with Crippen LogP contribution >= 0.6 is 0 Å². The SMILES string of the molecule is CN=C(NC(C)COC1CCOC1)NC1CC(C)(OC)C1(C)C. The molecular weight excluding hydrogens is 294 g/mol. The molecule has 23 heavy (non-hydrogen) atoms. The van der Waals surface area contributed by atoms with Crippen molar-refractivity contribution >= 4 is 5.96 Å². The molecule has 2 rings (SSSR count). The summed E-state index contributed by atoms with van der Waals surface area (Å²) in [4.78, 5) is 4.34. The molecule has 1 saturated heterocycles. The Labute approximate surface area is 140 Å². The molecule has 0 aromatic carbocycles. The lowest BCUT2D eigenvalue weighted by Gasteiger charge is -2.59. The van der Waals surface area contributed by atoms with Crippen LogP contribution in [0.3, 0.4) is 0 Å². The molecule has 1 heterocycles. The standard InChI is InChI=1S/C17H33N3O3/c1-12(10-23-13-7-8-22-11-13)19-15(18-5)20-14-9-17(4,21-6)16(14,2)3/h12-14H,7-11H2,1-6H3,(H2,18,19,20). The van der Waals surface area contributed by atoms with Gasteiger partial charge in [-0.3, -0.25) is 4.99 Å². The van der Waals surface area contributed by atoms with Gasteiger partial charge in [-0.25, -0.2) is 0 Å². The molecule has 1 aliphatic heterocycles. The zero-order chi connectivity index (χ0) is 17.1. The van der Waals surface area contributed by atoms with E-state index in [1.165, 1.54) is 0 Å². The third-order valence-electron chi connectivity index (χ3n) is 5.67. The molecule has 0 amide bonds. The largest absolute Gasteiger partial charge is 0.379 e. The van der Waals surface area contributed by atoms with Gasteiger partial charge in [0.15, 0.2) is 5.96 Å². The van der Waals surface area contributed by atoms with E-state index in [2.05, 4.69) is 43.3 Å². The molecule has 0 spiro atoms. The number of hydrogen-bond donors (Lipinski definition) is 2. The maximum atomic E-state index is 5.86. The van der Waals surface area contributed by atoms with E-state index in [0.717, 1.165) is 25.4 Å². The summed E-state index contributed by atoms with van der Waals surface area (Å²) in [5.41, 5.74) is -0.0268. The lowest BCUT2D eigenvalue weighted by molar-refractivity contribution is -0.176. The second-order valence-electron chi connectivity index (χ2n) is 7.49. The zero-order valence-electron chi connectivity index (χ0n) is 15.4. The van der Waals surface area contributed by atoms with Crippen molar-refractivity contribution in [3.05, 3.63) is 0 Å². The summed E-state index contributed by atoms with van der Waals surface area (Å²) in [5.74, 6) is 0.819. The van der Waals surface area contributed by atoms with Gasteiger partial charge in [0, 0.05) is 38.3 Å². The average molecular weight is 327 g/mol. The predicted molar refractivity (Wildman–Crippen MR) is 91.9 cm³/mol. The Balaban J connectivity index is 1.77. The van der Waals surface area contributed by atoms with E-state index in [4.69, 9.17) is 14.2 Å². The van der Waals surface area contributed by atoms with Gasteiger partial charge in [-0.1, -0.05) is 13.8 Å². The topological polar surface area (TPSA) is 64.1 Å². The second kappa shape index (κ2) is 7.36. The highest BCUT2D eigenvalue weighted by atomic mass is 16.5. The molecular formula is C17H33N3O3. The van der Waals surface area contributed by atoms with Gasteiger partial charge in [0.25, 0.3) is 0 Å². The van der Waals surface area contributed by atoms with Gasteiger partial charge in [0.05, 0.1) is 24.9 Å². The molecule has 0 radical (unpaired) electrons. The molecule has 1 aliphatic carbocycles. The summed E-state index contributed by atoms with van der Waals surface area (Å²) in [6.07, 6.45) is 2.20. The van der Waals surface area contributed by atoms with Crippen LogP contribution in [0, 0.1) is 5.41 Å². The predicted octanol–water partition coefficient (Wildman–Crippen LogP) is 1.55. The van der Waals surface area contributed by atoms with E-state index >= 15 is 0 Å². The Kier molecular flexibility index (Phi) is 5.92. The fourth-order valence-electron chi connectivity index (χ4n) is 3.26. The summed E-state index contributed by atoms with van der Waals surface area (Å²) in [6.45, 7) is 10.9. The number of nitrogens with zero attached hydrogens (tertiary/aromatic N) is 1. The van der Waals surface area contributed by atoms with E-state index in [0.29, 0.717) is 19.3 Å². The Hall–Kier alpha value is -0.850. The highest BCUT2D eigenvalue weighted by Crippen LogP contribution is 2.51. The summed E-state index contributed by atoms with van der Waals surface area (Å²) in [6, 6.07) is 0.536. The first-order chi connectivity index (χ1) is 10.8. The molecule has 0 aromatic heterocycles. The smallest absolute Gasteiger partial charge is 0.191 e. The zero-order valence-corrected chi connectivity index (χ0v) is 15.4. The van der Waals surface area contributed by atoms with Crippen molar-refractivity contribution in [3.8, 4) is 0 Å². The van der Waals surface area contributed by atoms with Gasteiger partial charge in [0.1, 0.15) is 0 Å². The second-order valence-corrected chi connectivity index (χ2v) is 7.49. The first-order valence-electron chi connectivity index (χ1n) is 8.56. The van der Waals surface area contributed by atoms with Crippen molar-refractivity contribution in [1.29, 1.82) is 0 Å². The number of hydrogen-bond acceptors (Lipinski definition) is 4. The van der Waals surface area contributed by atoms with Gasteiger partial charge < -0.3 is 24.8 Å². The quantitative estimate of drug-likeness (QED) is 0.572. The molecule has 2 fully saturated rings. The number of guanidine groups is 1. The van der Waals surface area contributed by atoms with Crippen LogP contribution in [-0.2, 0) is 14.2 Å². The fraction of sp³-hybridized carbons (Fsp3) is 0.941. The molecule has 2 N–H and O–H groups in total. The lowest BCUT2D eigenvalue weighted by Crippen LogP contribution is -2.69. The van der Waals surface area contributed by atoms with Crippen LogP contribution in [0.4, 0.5) is 0 Å². The van der Waals surface area contributed by atoms with Crippen molar-refractivity contribution < 1.29 is 14.2 Å². The van der Waals surface area contributed by atoms with Crippen molar-refractivity contribution in [3.63, 3.8) is 0 Å². The average Bonchev–Trinajstić information content (AvgIpc) is 3.04. The van der Waals surface area contributed by atoms with Crippen molar-refractivity contribution in [2.45, 2.75) is 64.3 Å². The first kappa shape index (κ1) is 18.5. The van der Waals surface area contributed by atoms with Gasteiger partial charge >= 0.3 is 0 Å². The highest BCUT2D eigenvalue weighted by Gasteiger charge is 2.58. The van der Waals surface area contributed by atoms with Crippen molar-refractivity contribution in [2.24, 2.45) is 10.4 Å². The van der Waals surface area contributed by atoms with Crippen LogP contribution in [-0.4, -0.2) is 63.7 Å². The fourth-order valence-corrected chi connectivity index (χ4v) is 3.26. The summed E-state index contributed by atoms with van der Waals surface area (Å²) < 4.78 is 16.9. The molecule has 2 aliphatic rings. The van der Waals surface area contributed by atoms with Crippen LogP contribution in [0.1, 0.15) is 40.5 Å². The molecule has 6 nitrogen and oxygen atoms in total. The van der Waals surface area contributed by atoms with E-state index in [1.54, 1.807) is 14.2 Å². The maximum Gasteiger partial charge on any atom is 0.191 e. The molecule has 0 aromatic rings. The first-order valence-corrected chi connectivity index (χ1v) is 8.56. The molecule has 4 atom stereocenters. The normalized spacial score (nSPS) is 34.8. The summed E-state index contributed by atoms with van der Waals surface area (Å²) in [5, 5.41) is 6.93. The molecule has 0 bridgehead atoms. The van der Waals surface area contributed by atoms with E-state index in [1.807, 2.05) is 0 Å². The van der Waals surface area contributed by atoms with Crippen LogP contribution in [0.15, 0.2) is 4.99 Å². The van der Waals surface area contributed by atoms with E-state index in [9.17, 15) is 0 Å². The number of nitrogens with one attached hydrogen (secondary N) is 2. The van der Waals surface area contributed by atoms with Crippen LogP contribution in [0.25, 0.3) is 0 Å². The minimum Gasteiger partial charge on any atom is -0.379 e. The van der Waals surface area contributed by atoms with Gasteiger partial charge in [-0.05, 0) is 26.7 Å². The monoisotopic (exact) mass is 327 g/mol. The molecule has 4 unspecified atom stereocenters. The van der Waals surface area contributed by atoms with Gasteiger partial charge in [0.2, 0.25) is 0 Å². The third kappa shape index (κ3) is 3.98. The van der Waals surface area contributed by atoms with E-state index < -0.39 is 0 Å². The minimum atomic E-state index is -0.0826. The Morgan fingerprint density at radius 1 is 1.39 bits per heavy atom. The maximum absolute atomic E-state index is 5.86. The number of aliphatic imine (C=N–C) groups is 1. The minimum absolute atomic E-state index is 0.0558. The summed E-state index contributed by atoms with van der Waals surface area (Å²) in [7, 11) is 3.59. The molecule has 6 heteroatoms. The number of rotatable bonds is 6. The number of methoxy groups -OCH3 is 1. The van der Waals surface area contributed by atoms with Crippen LogP contribution in [0.2, 0.25) is 0 Å². The Bertz CT molecular complexity index is 421. The third-order valence-corrected chi connectivity index (χ3v) is 5.67. The Morgan fingerprint density at radius 2 is 2.13 bits per heavy atom. The summed E-state index contributed by atoms with van der Waals surface area (Å²) >= 11 is 0.